The number of nitrogens with zero attached hydrogens (tertiary/aromatic N) is 1. The lowest BCUT2D eigenvalue weighted by atomic mass is 9.99. The SMILES string of the molecule is CCCN(CC(F)(F)F)C(C)C(N)c1ccc(OC)cc1. The number of ether oxygens (including phenoxy) is 1. The van der Waals surface area contributed by atoms with Crippen LogP contribution in [0.5, 0.6) is 5.75 Å². The predicted molar refractivity (Wildman–Crippen MR) is 77.3 cm³/mol. The van der Waals surface area contributed by atoms with Crippen molar-refractivity contribution in [1.29, 1.82) is 0 Å². The van der Waals surface area contributed by atoms with Crippen LogP contribution in [-0.4, -0.2) is 37.3 Å². The molecule has 0 aliphatic rings. The Balaban J connectivity index is 2.82. The van der Waals surface area contributed by atoms with Gasteiger partial charge in [0.2, 0.25) is 0 Å². The molecule has 1 rings (SSSR count). The zero-order chi connectivity index (χ0) is 16.0. The van der Waals surface area contributed by atoms with Crippen molar-refractivity contribution in [3.05, 3.63) is 29.8 Å². The Labute approximate surface area is 123 Å². The molecule has 6 heteroatoms. The monoisotopic (exact) mass is 304 g/mol. The molecular weight excluding hydrogens is 281 g/mol. The smallest absolute Gasteiger partial charge is 0.401 e. The fraction of sp³-hybridized carbons (Fsp3) is 0.600. The summed E-state index contributed by atoms with van der Waals surface area (Å²) in [5, 5.41) is 0. The summed E-state index contributed by atoms with van der Waals surface area (Å²) in [6.45, 7) is 3.02. The van der Waals surface area contributed by atoms with E-state index in [1.165, 1.54) is 4.90 Å². The van der Waals surface area contributed by atoms with Crippen LogP contribution in [0.2, 0.25) is 0 Å². The van der Waals surface area contributed by atoms with E-state index in [9.17, 15) is 13.2 Å². The molecule has 0 aliphatic carbocycles. The lowest BCUT2D eigenvalue weighted by Crippen LogP contribution is -2.45. The van der Waals surface area contributed by atoms with Gasteiger partial charge in [-0.25, -0.2) is 0 Å². The lowest BCUT2D eigenvalue weighted by molar-refractivity contribution is -0.151. The molecule has 2 unspecified atom stereocenters. The first-order valence-corrected chi connectivity index (χ1v) is 6.98. The van der Waals surface area contributed by atoms with Gasteiger partial charge in [0.25, 0.3) is 0 Å². The maximum Gasteiger partial charge on any atom is 0.401 e. The van der Waals surface area contributed by atoms with Crippen molar-refractivity contribution in [2.75, 3.05) is 20.2 Å². The van der Waals surface area contributed by atoms with Gasteiger partial charge in [-0.2, -0.15) is 13.2 Å². The molecule has 0 heterocycles. The van der Waals surface area contributed by atoms with Gasteiger partial charge in [-0.1, -0.05) is 19.1 Å². The lowest BCUT2D eigenvalue weighted by Gasteiger charge is -2.33. The topological polar surface area (TPSA) is 38.5 Å². The van der Waals surface area contributed by atoms with Gasteiger partial charge < -0.3 is 10.5 Å². The van der Waals surface area contributed by atoms with Crippen molar-refractivity contribution in [2.45, 2.75) is 38.5 Å². The Morgan fingerprint density at radius 1 is 1.24 bits per heavy atom. The quantitative estimate of drug-likeness (QED) is 0.839. The summed E-state index contributed by atoms with van der Waals surface area (Å²) >= 11 is 0. The van der Waals surface area contributed by atoms with Gasteiger partial charge in [0.05, 0.1) is 13.7 Å². The molecule has 0 saturated heterocycles. The highest BCUT2D eigenvalue weighted by Gasteiger charge is 2.34. The standard InChI is InChI=1S/C15H23F3N2O/c1-4-9-20(10-15(16,17)18)11(2)14(19)12-5-7-13(21-3)8-6-12/h5-8,11,14H,4,9-10,19H2,1-3H3. The number of hydrogen-bond donors (Lipinski definition) is 1. The van der Waals surface area contributed by atoms with Gasteiger partial charge >= 0.3 is 6.18 Å². The molecule has 2 N–H and O–H groups in total. The summed E-state index contributed by atoms with van der Waals surface area (Å²) in [5.41, 5.74) is 6.93. The van der Waals surface area contributed by atoms with Crippen LogP contribution in [0.25, 0.3) is 0 Å². The van der Waals surface area contributed by atoms with Crippen molar-refractivity contribution >= 4 is 0 Å². The molecule has 0 amide bonds. The van der Waals surface area contributed by atoms with E-state index in [1.807, 2.05) is 6.92 Å². The highest BCUT2D eigenvalue weighted by molar-refractivity contribution is 5.29. The van der Waals surface area contributed by atoms with Crippen LogP contribution in [0.3, 0.4) is 0 Å². The molecule has 0 fully saturated rings. The average molecular weight is 304 g/mol. The highest BCUT2D eigenvalue weighted by Crippen LogP contribution is 2.25. The number of nitrogens with two attached hydrogens (primary N) is 1. The fourth-order valence-corrected chi connectivity index (χ4v) is 2.28. The van der Waals surface area contributed by atoms with E-state index < -0.39 is 24.8 Å². The summed E-state index contributed by atoms with van der Waals surface area (Å²) in [6.07, 6.45) is -3.57. The molecule has 0 spiro atoms. The Morgan fingerprint density at radius 3 is 2.24 bits per heavy atom. The van der Waals surface area contributed by atoms with Crippen molar-refractivity contribution in [2.24, 2.45) is 5.73 Å². The van der Waals surface area contributed by atoms with Gasteiger partial charge in [0, 0.05) is 12.1 Å². The Morgan fingerprint density at radius 2 is 1.81 bits per heavy atom. The molecule has 0 aromatic heterocycles. The molecular formula is C15H23F3N2O. The van der Waals surface area contributed by atoms with Gasteiger partial charge in [0.1, 0.15) is 5.75 Å². The molecule has 3 nitrogen and oxygen atoms in total. The van der Waals surface area contributed by atoms with Gasteiger partial charge in [0.15, 0.2) is 0 Å². The van der Waals surface area contributed by atoms with Crippen molar-refractivity contribution < 1.29 is 17.9 Å². The average Bonchev–Trinajstić information content (AvgIpc) is 2.44. The third kappa shape index (κ3) is 5.55. The minimum atomic E-state index is -4.22. The largest absolute Gasteiger partial charge is 0.497 e. The molecule has 0 saturated carbocycles. The minimum Gasteiger partial charge on any atom is -0.497 e. The fourth-order valence-electron chi connectivity index (χ4n) is 2.28. The molecule has 120 valence electrons. The highest BCUT2D eigenvalue weighted by atomic mass is 19.4. The number of alkyl halides is 3. The molecule has 1 aromatic rings. The van der Waals surface area contributed by atoms with Crippen LogP contribution in [0.1, 0.15) is 31.9 Å². The summed E-state index contributed by atoms with van der Waals surface area (Å²) in [6, 6.07) is 6.21. The van der Waals surface area contributed by atoms with Crippen LogP contribution in [-0.2, 0) is 0 Å². The van der Waals surface area contributed by atoms with Gasteiger partial charge in [-0.15, -0.1) is 0 Å². The second kappa shape index (κ2) is 7.66. The van der Waals surface area contributed by atoms with Crippen molar-refractivity contribution in [1.82, 2.24) is 4.90 Å². The maximum absolute atomic E-state index is 12.7. The molecule has 2 atom stereocenters. The van der Waals surface area contributed by atoms with Crippen molar-refractivity contribution in [3.63, 3.8) is 0 Å². The van der Waals surface area contributed by atoms with Gasteiger partial charge in [-0.05, 0) is 37.6 Å². The minimum absolute atomic E-state index is 0.366. The van der Waals surface area contributed by atoms with Crippen LogP contribution < -0.4 is 10.5 Å². The molecule has 1 aromatic carbocycles. The first kappa shape index (κ1) is 17.8. The van der Waals surface area contributed by atoms with Crippen LogP contribution in [0.4, 0.5) is 13.2 Å². The Bertz CT molecular complexity index is 420. The number of benzene rings is 1. The molecule has 0 aliphatic heterocycles. The Kier molecular flexibility index (Phi) is 6.48. The van der Waals surface area contributed by atoms with E-state index in [1.54, 1.807) is 38.3 Å². The summed E-state index contributed by atoms with van der Waals surface area (Å²) in [5.74, 6) is 0.694. The molecule has 0 bridgehead atoms. The number of hydrogen-bond acceptors (Lipinski definition) is 3. The normalized spacial score (nSPS) is 15.0. The first-order valence-electron chi connectivity index (χ1n) is 6.98. The van der Waals surface area contributed by atoms with E-state index in [2.05, 4.69) is 0 Å². The zero-order valence-corrected chi connectivity index (χ0v) is 12.7. The number of rotatable bonds is 7. The van der Waals surface area contributed by atoms with Crippen LogP contribution >= 0.6 is 0 Å². The molecule has 21 heavy (non-hydrogen) atoms. The van der Waals surface area contributed by atoms with E-state index in [0.29, 0.717) is 18.7 Å². The van der Waals surface area contributed by atoms with E-state index >= 15 is 0 Å². The second-order valence-corrected chi connectivity index (χ2v) is 5.13. The zero-order valence-electron chi connectivity index (χ0n) is 12.7. The number of halogens is 3. The predicted octanol–water partition coefficient (Wildman–Crippen LogP) is 3.36. The number of methoxy groups -OCH3 is 1. The van der Waals surface area contributed by atoms with E-state index in [-0.39, 0.29) is 0 Å². The second-order valence-electron chi connectivity index (χ2n) is 5.13. The van der Waals surface area contributed by atoms with Gasteiger partial charge in [-0.3, -0.25) is 4.90 Å². The maximum atomic E-state index is 12.7. The summed E-state index contributed by atoms with van der Waals surface area (Å²) in [7, 11) is 1.56. The van der Waals surface area contributed by atoms with Crippen LogP contribution in [0, 0.1) is 0 Å². The van der Waals surface area contributed by atoms with Crippen LogP contribution in [0.15, 0.2) is 24.3 Å². The first-order chi connectivity index (χ1) is 9.78. The summed E-state index contributed by atoms with van der Waals surface area (Å²) in [4.78, 5) is 1.38. The third-order valence-corrected chi connectivity index (χ3v) is 3.49. The summed E-state index contributed by atoms with van der Waals surface area (Å²) < 4.78 is 43.0. The third-order valence-electron chi connectivity index (χ3n) is 3.49. The Hall–Kier alpha value is -1.27. The van der Waals surface area contributed by atoms with Crippen molar-refractivity contribution in [3.8, 4) is 5.75 Å². The van der Waals surface area contributed by atoms with E-state index in [4.69, 9.17) is 10.5 Å². The van der Waals surface area contributed by atoms with E-state index in [0.717, 1.165) is 5.56 Å². The molecule has 0 radical (unpaired) electrons.